The molecule has 0 radical (unpaired) electrons. The second kappa shape index (κ2) is 7.81. The van der Waals surface area contributed by atoms with Crippen LogP contribution in [0.4, 0.5) is 0 Å². The van der Waals surface area contributed by atoms with E-state index in [1.165, 1.54) is 0 Å². The predicted octanol–water partition coefficient (Wildman–Crippen LogP) is 2.91. The Bertz CT molecular complexity index is 756. The zero-order chi connectivity index (χ0) is 16.8. The number of rotatable bonds is 7. The fraction of sp³-hybridized carbons (Fsp3) is 0.278. The van der Waals surface area contributed by atoms with Crippen molar-refractivity contribution < 1.29 is 9.26 Å². The lowest BCUT2D eigenvalue weighted by molar-refractivity contribution is 0.177. The topological polar surface area (TPSA) is 64.3 Å². The lowest BCUT2D eigenvalue weighted by Crippen LogP contribution is -2.17. The van der Waals surface area contributed by atoms with E-state index >= 15 is 0 Å². The Balaban J connectivity index is 1.59. The molecule has 0 bridgehead atoms. The maximum Gasteiger partial charge on any atom is 0.153 e. The molecule has 24 heavy (non-hydrogen) atoms. The van der Waals surface area contributed by atoms with E-state index in [4.69, 9.17) is 9.26 Å². The van der Waals surface area contributed by atoms with Crippen molar-refractivity contribution in [3.8, 4) is 11.3 Å². The monoisotopic (exact) mass is 324 g/mol. The Morgan fingerprint density at radius 1 is 1.08 bits per heavy atom. The van der Waals surface area contributed by atoms with Crippen LogP contribution < -0.4 is 0 Å². The summed E-state index contributed by atoms with van der Waals surface area (Å²) in [5.41, 5.74) is 2.95. The molecule has 0 spiro atoms. The van der Waals surface area contributed by atoms with Gasteiger partial charge in [0.05, 0.1) is 6.54 Å². The van der Waals surface area contributed by atoms with Crippen LogP contribution in [0, 0.1) is 0 Å². The number of ether oxygens (including phenoxy) is 1. The summed E-state index contributed by atoms with van der Waals surface area (Å²) in [4.78, 5) is 10.7. The van der Waals surface area contributed by atoms with E-state index in [1.807, 2.05) is 55.8 Å². The SMILES string of the molecule is COCc1ncc(CN(C)Cc2cc(-c3ccccc3)no2)cn1. The van der Waals surface area contributed by atoms with Crippen molar-refractivity contribution >= 4 is 0 Å². The normalized spacial score (nSPS) is 11.1. The molecule has 3 rings (SSSR count). The molecule has 6 nitrogen and oxygen atoms in total. The van der Waals surface area contributed by atoms with Gasteiger partial charge in [0, 0.05) is 43.2 Å². The van der Waals surface area contributed by atoms with Crippen LogP contribution in [-0.2, 0) is 24.4 Å². The van der Waals surface area contributed by atoms with Crippen molar-refractivity contribution in [2.75, 3.05) is 14.2 Å². The van der Waals surface area contributed by atoms with Gasteiger partial charge in [0.25, 0.3) is 0 Å². The molecule has 0 atom stereocenters. The largest absolute Gasteiger partial charge is 0.377 e. The van der Waals surface area contributed by atoms with Crippen LogP contribution in [0.3, 0.4) is 0 Å². The fourth-order valence-corrected chi connectivity index (χ4v) is 2.43. The average Bonchev–Trinajstić information content (AvgIpc) is 3.06. The molecule has 2 aromatic heterocycles. The van der Waals surface area contributed by atoms with Gasteiger partial charge in [-0.3, -0.25) is 4.90 Å². The van der Waals surface area contributed by atoms with Gasteiger partial charge in [0.15, 0.2) is 11.6 Å². The number of hydrogen-bond acceptors (Lipinski definition) is 6. The standard InChI is InChI=1S/C18H20N4O2/c1-22(11-14-9-19-18(13-23-2)20-10-14)12-16-8-17(21-24-16)15-6-4-3-5-7-15/h3-10H,11-13H2,1-2H3. The third-order valence-corrected chi connectivity index (χ3v) is 3.54. The van der Waals surface area contributed by atoms with E-state index in [-0.39, 0.29) is 0 Å². The maximum atomic E-state index is 5.44. The lowest BCUT2D eigenvalue weighted by Gasteiger charge is -2.14. The van der Waals surface area contributed by atoms with Crippen LogP contribution in [0.25, 0.3) is 11.3 Å². The van der Waals surface area contributed by atoms with Crippen LogP contribution in [0.15, 0.2) is 53.3 Å². The van der Waals surface area contributed by atoms with Crippen molar-refractivity contribution in [1.82, 2.24) is 20.0 Å². The first-order chi connectivity index (χ1) is 11.7. The first-order valence-corrected chi connectivity index (χ1v) is 7.73. The Morgan fingerprint density at radius 3 is 2.54 bits per heavy atom. The molecule has 2 heterocycles. The summed E-state index contributed by atoms with van der Waals surface area (Å²) in [5.74, 6) is 1.51. The van der Waals surface area contributed by atoms with Gasteiger partial charge in [0.1, 0.15) is 12.3 Å². The molecule has 3 aromatic rings. The minimum atomic E-state index is 0.427. The van der Waals surface area contributed by atoms with Gasteiger partial charge < -0.3 is 9.26 Å². The Hall–Kier alpha value is -2.57. The smallest absolute Gasteiger partial charge is 0.153 e. The first kappa shape index (κ1) is 16.3. The summed E-state index contributed by atoms with van der Waals surface area (Å²) in [6.45, 7) is 1.82. The summed E-state index contributed by atoms with van der Waals surface area (Å²) in [5, 5.41) is 4.14. The van der Waals surface area contributed by atoms with Gasteiger partial charge in [-0.2, -0.15) is 0 Å². The van der Waals surface area contributed by atoms with Crippen molar-refractivity contribution in [1.29, 1.82) is 0 Å². The van der Waals surface area contributed by atoms with Gasteiger partial charge in [0.2, 0.25) is 0 Å². The predicted molar refractivity (Wildman–Crippen MR) is 89.9 cm³/mol. The van der Waals surface area contributed by atoms with Crippen LogP contribution in [0.2, 0.25) is 0 Å². The van der Waals surface area contributed by atoms with E-state index in [9.17, 15) is 0 Å². The van der Waals surface area contributed by atoms with Gasteiger partial charge in [-0.1, -0.05) is 35.5 Å². The number of aromatic nitrogens is 3. The summed E-state index contributed by atoms with van der Waals surface area (Å²) in [7, 11) is 3.65. The molecule has 0 saturated carbocycles. The zero-order valence-electron chi connectivity index (χ0n) is 13.8. The second-order valence-electron chi connectivity index (χ2n) is 5.66. The molecular formula is C18H20N4O2. The maximum absolute atomic E-state index is 5.44. The molecule has 0 fully saturated rings. The van der Waals surface area contributed by atoms with Crippen LogP contribution in [0.1, 0.15) is 17.1 Å². The van der Waals surface area contributed by atoms with Gasteiger partial charge in [-0.15, -0.1) is 0 Å². The van der Waals surface area contributed by atoms with Crippen molar-refractivity contribution in [3.05, 3.63) is 65.9 Å². The molecule has 0 N–H and O–H groups in total. The van der Waals surface area contributed by atoms with Crippen LogP contribution >= 0.6 is 0 Å². The molecule has 0 aliphatic carbocycles. The summed E-state index contributed by atoms with van der Waals surface area (Å²) < 4.78 is 10.5. The molecule has 6 heteroatoms. The quantitative estimate of drug-likeness (QED) is 0.666. The third kappa shape index (κ3) is 4.24. The molecule has 1 aromatic carbocycles. The number of methoxy groups -OCH3 is 1. The Labute approximate surface area is 141 Å². The van der Waals surface area contributed by atoms with Crippen molar-refractivity contribution in [2.45, 2.75) is 19.7 Å². The molecule has 0 amide bonds. The summed E-state index contributed by atoms with van der Waals surface area (Å²) in [6, 6.07) is 12.0. The number of benzene rings is 1. The highest BCUT2D eigenvalue weighted by Crippen LogP contribution is 2.19. The van der Waals surface area contributed by atoms with Crippen LogP contribution in [-0.4, -0.2) is 34.2 Å². The summed E-state index contributed by atoms with van der Waals surface area (Å²) >= 11 is 0. The lowest BCUT2D eigenvalue weighted by atomic mass is 10.1. The van der Waals surface area contributed by atoms with E-state index in [0.717, 1.165) is 29.1 Å². The van der Waals surface area contributed by atoms with E-state index < -0.39 is 0 Å². The molecular weight excluding hydrogens is 304 g/mol. The first-order valence-electron chi connectivity index (χ1n) is 7.73. The number of nitrogens with zero attached hydrogens (tertiary/aromatic N) is 4. The fourth-order valence-electron chi connectivity index (χ4n) is 2.43. The zero-order valence-corrected chi connectivity index (χ0v) is 13.8. The van der Waals surface area contributed by atoms with Crippen molar-refractivity contribution in [2.24, 2.45) is 0 Å². The molecule has 0 saturated heterocycles. The Kier molecular flexibility index (Phi) is 5.30. The van der Waals surface area contributed by atoms with Gasteiger partial charge in [-0.25, -0.2) is 9.97 Å². The van der Waals surface area contributed by atoms with Gasteiger partial charge in [-0.05, 0) is 7.05 Å². The molecule has 0 unspecified atom stereocenters. The minimum Gasteiger partial charge on any atom is -0.377 e. The molecule has 124 valence electrons. The average molecular weight is 324 g/mol. The second-order valence-corrected chi connectivity index (χ2v) is 5.66. The third-order valence-electron chi connectivity index (χ3n) is 3.54. The van der Waals surface area contributed by atoms with Crippen molar-refractivity contribution in [3.63, 3.8) is 0 Å². The van der Waals surface area contributed by atoms with E-state index in [0.29, 0.717) is 19.0 Å². The highest BCUT2D eigenvalue weighted by Gasteiger charge is 2.09. The van der Waals surface area contributed by atoms with Crippen LogP contribution in [0.5, 0.6) is 0 Å². The van der Waals surface area contributed by atoms with Gasteiger partial charge >= 0.3 is 0 Å². The molecule has 0 aliphatic heterocycles. The van der Waals surface area contributed by atoms with E-state index in [1.54, 1.807) is 7.11 Å². The molecule has 0 aliphatic rings. The highest BCUT2D eigenvalue weighted by molar-refractivity contribution is 5.58. The number of hydrogen-bond donors (Lipinski definition) is 0. The minimum absolute atomic E-state index is 0.427. The van der Waals surface area contributed by atoms with E-state index in [2.05, 4.69) is 20.0 Å². The highest BCUT2D eigenvalue weighted by atomic mass is 16.5. The Morgan fingerprint density at radius 2 is 1.83 bits per heavy atom. The summed E-state index contributed by atoms with van der Waals surface area (Å²) in [6.07, 6.45) is 3.65.